The van der Waals surface area contributed by atoms with Crippen molar-refractivity contribution in [2.24, 2.45) is 0 Å². The Balaban J connectivity index is 1.94. The number of aryl methyl sites for hydroxylation is 2. The molecule has 3 rings (SSSR count). The van der Waals surface area contributed by atoms with Gasteiger partial charge in [-0.05, 0) is 49.7 Å². The van der Waals surface area contributed by atoms with Gasteiger partial charge < -0.3 is 19.2 Å². The van der Waals surface area contributed by atoms with Gasteiger partial charge in [-0.1, -0.05) is 6.07 Å². The summed E-state index contributed by atoms with van der Waals surface area (Å²) in [5.74, 6) is 0.0569. The zero-order valence-corrected chi connectivity index (χ0v) is 15.0. The molecule has 1 aromatic heterocycles. The van der Waals surface area contributed by atoms with E-state index in [9.17, 15) is 9.59 Å². The Kier molecular flexibility index (Phi) is 4.67. The number of carbonyl (C=O) groups is 2. The van der Waals surface area contributed by atoms with E-state index in [0.717, 1.165) is 16.5 Å². The van der Waals surface area contributed by atoms with Crippen LogP contribution in [0.1, 0.15) is 32.0 Å². The molecule has 0 aliphatic rings. The molecule has 6 nitrogen and oxygen atoms in total. The van der Waals surface area contributed by atoms with Gasteiger partial charge in [0.1, 0.15) is 11.3 Å². The Hall–Kier alpha value is -3.28. The topological polar surface area (TPSA) is 77.8 Å². The molecule has 0 radical (unpaired) electrons. The van der Waals surface area contributed by atoms with Crippen molar-refractivity contribution in [3.05, 3.63) is 58.8 Å². The molecule has 0 fully saturated rings. The summed E-state index contributed by atoms with van der Waals surface area (Å²) in [6.07, 6.45) is 0. The van der Waals surface area contributed by atoms with Gasteiger partial charge in [0.05, 0.1) is 19.8 Å². The van der Waals surface area contributed by atoms with E-state index in [1.54, 1.807) is 37.4 Å². The van der Waals surface area contributed by atoms with E-state index < -0.39 is 5.97 Å². The lowest BCUT2D eigenvalue weighted by molar-refractivity contribution is 0.0600. The highest BCUT2D eigenvalue weighted by Gasteiger charge is 2.19. The minimum Gasteiger partial charge on any atom is -0.497 e. The molecule has 1 heterocycles. The van der Waals surface area contributed by atoms with Crippen molar-refractivity contribution in [1.82, 2.24) is 0 Å². The van der Waals surface area contributed by atoms with E-state index in [-0.39, 0.29) is 11.7 Å². The monoisotopic (exact) mass is 353 g/mol. The number of hydrogen-bond acceptors (Lipinski definition) is 5. The molecule has 26 heavy (non-hydrogen) atoms. The Bertz CT molecular complexity index is 1000. The lowest BCUT2D eigenvalue weighted by Gasteiger charge is -2.09. The molecular formula is C20H19NO5. The van der Waals surface area contributed by atoms with E-state index >= 15 is 0 Å². The minimum atomic E-state index is -0.465. The first-order valence-corrected chi connectivity index (χ1v) is 8.02. The number of ether oxygens (including phenoxy) is 2. The molecule has 0 aliphatic heterocycles. The van der Waals surface area contributed by atoms with Crippen LogP contribution in [0.2, 0.25) is 0 Å². The van der Waals surface area contributed by atoms with Crippen LogP contribution in [0.25, 0.3) is 11.0 Å². The van der Waals surface area contributed by atoms with Crippen molar-refractivity contribution >= 4 is 28.5 Å². The van der Waals surface area contributed by atoms with Crippen LogP contribution in [0.3, 0.4) is 0 Å². The van der Waals surface area contributed by atoms with Gasteiger partial charge in [0.15, 0.2) is 5.76 Å². The van der Waals surface area contributed by atoms with Crippen molar-refractivity contribution in [2.75, 3.05) is 19.5 Å². The van der Waals surface area contributed by atoms with Gasteiger partial charge in [-0.25, -0.2) is 4.79 Å². The third-order valence-electron chi connectivity index (χ3n) is 4.26. The maximum atomic E-state index is 12.7. The summed E-state index contributed by atoms with van der Waals surface area (Å²) in [6.45, 7) is 3.66. The van der Waals surface area contributed by atoms with E-state index in [1.165, 1.54) is 7.11 Å². The lowest BCUT2D eigenvalue weighted by atomic mass is 10.1. The third-order valence-corrected chi connectivity index (χ3v) is 4.26. The Morgan fingerprint density at radius 1 is 1.04 bits per heavy atom. The largest absolute Gasteiger partial charge is 0.497 e. The number of fused-ring (bicyclic) bond motifs is 1. The highest BCUT2D eigenvalue weighted by atomic mass is 16.5. The number of furan rings is 1. The van der Waals surface area contributed by atoms with E-state index in [4.69, 9.17) is 13.9 Å². The van der Waals surface area contributed by atoms with Crippen LogP contribution in [0.15, 0.2) is 40.8 Å². The van der Waals surface area contributed by atoms with Gasteiger partial charge >= 0.3 is 5.97 Å². The summed E-state index contributed by atoms with van der Waals surface area (Å²) in [7, 11) is 2.90. The normalized spacial score (nSPS) is 10.6. The fraction of sp³-hybridized carbons (Fsp3) is 0.200. The van der Waals surface area contributed by atoms with Gasteiger partial charge in [-0.2, -0.15) is 0 Å². The average molecular weight is 353 g/mol. The second-order valence-electron chi connectivity index (χ2n) is 5.89. The molecule has 0 atom stereocenters. The first-order valence-electron chi connectivity index (χ1n) is 8.02. The fourth-order valence-corrected chi connectivity index (χ4v) is 2.72. The van der Waals surface area contributed by atoms with Crippen LogP contribution in [0.4, 0.5) is 5.69 Å². The van der Waals surface area contributed by atoms with Crippen LogP contribution < -0.4 is 10.1 Å². The summed E-state index contributed by atoms with van der Waals surface area (Å²) in [5.41, 5.74) is 3.03. The molecule has 0 saturated heterocycles. The zero-order chi connectivity index (χ0) is 18.8. The van der Waals surface area contributed by atoms with Crippen molar-refractivity contribution in [2.45, 2.75) is 13.8 Å². The molecule has 0 bridgehead atoms. The predicted molar refractivity (Wildman–Crippen MR) is 98.0 cm³/mol. The third kappa shape index (κ3) is 3.13. The highest BCUT2D eigenvalue weighted by Crippen LogP contribution is 2.29. The number of esters is 1. The van der Waals surface area contributed by atoms with Gasteiger partial charge in [-0.15, -0.1) is 0 Å². The molecule has 0 aliphatic carbocycles. The molecule has 0 saturated carbocycles. The number of methoxy groups -OCH3 is 2. The summed E-state index contributed by atoms with van der Waals surface area (Å²) in [5, 5.41) is 3.62. The van der Waals surface area contributed by atoms with Crippen LogP contribution in [0, 0.1) is 13.8 Å². The lowest BCUT2D eigenvalue weighted by Crippen LogP contribution is -2.14. The number of carbonyl (C=O) groups excluding carboxylic acids is 2. The van der Waals surface area contributed by atoms with Crippen LogP contribution in [-0.2, 0) is 4.74 Å². The zero-order valence-electron chi connectivity index (χ0n) is 15.0. The molecule has 0 unspecified atom stereocenters. The maximum absolute atomic E-state index is 12.7. The van der Waals surface area contributed by atoms with Crippen molar-refractivity contribution < 1.29 is 23.5 Å². The van der Waals surface area contributed by atoms with Crippen molar-refractivity contribution in [3.63, 3.8) is 0 Å². The Labute approximate surface area is 150 Å². The Morgan fingerprint density at radius 3 is 2.50 bits per heavy atom. The van der Waals surface area contributed by atoms with E-state index in [1.807, 2.05) is 19.9 Å². The van der Waals surface area contributed by atoms with Gasteiger partial charge in [0.2, 0.25) is 0 Å². The average Bonchev–Trinajstić information content (AvgIpc) is 2.99. The van der Waals surface area contributed by atoms with Crippen LogP contribution in [0.5, 0.6) is 5.75 Å². The molecule has 2 aromatic carbocycles. The smallest absolute Gasteiger partial charge is 0.337 e. The number of benzene rings is 2. The quantitative estimate of drug-likeness (QED) is 0.715. The Morgan fingerprint density at radius 2 is 1.81 bits per heavy atom. The van der Waals surface area contributed by atoms with Gasteiger partial charge in [0, 0.05) is 16.6 Å². The van der Waals surface area contributed by atoms with Crippen molar-refractivity contribution in [3.8, 4) is 5.75 Å². The predicted octanol–water partition coefficient (Wildman–Crippen LogP) is 4.10. The molecule has 1 amide bonds. The van der Waals surface area contributed by atoms with Crippen LogP contribution >= 0.6 is 0 Å². The number of anilines is 1. The first-order chi connectivity index (χ1) is 12.4. The van der Waals surface area contributed by atoms with Gasteiger partial charge in [0.25, 0.3) is 5.91 Å². The molecular weight excluding hydrogens is 334 g/mol. The SMILES string of the molecule is COC(=O)c1ccc(C)c(NC(=O)c2oc3ccc(OC)cc3c2C)c1. The van der Waals surface area contributed by atoms with Crippen molar-refractivity contribution in [1.29, 1.82) is 0 Å². The van der Waals surface area contributed by atoms with E-state index in [0.29, 0.717) is 22.6 Å². The van der Waals surface area contributed by atoms with E-state index in [2.05, 4.69) is 5.32 Å². The maximum Gasteiger partial charge on any atom is 0.337 e. The number of amides is 1. The minimum absolute atomic E-state index is 0.219. The highest BCUT2D eigenvalue weighted by molar-refractivity contribution is 6.07. The van der Waals surface area contributed by atoms with Crippen LogP contribution in [-0.4, -0.2) is 26.1 Å². The summed E-state index contributed by atoms with van der Waals surface area (Å²) < 4.78 is 15.7. The molecule has 134 valence electrons. The molecule has 1 N–H and O–H groups in total. The first kappa shape index (κ1) is 17.5. The number of hydrogen-bond donors (Lipinski definition) is 1. The number of nitrogens with one attached hydrogen (secondary N) is 1. The second-order valence-corrected chi connectivity index (χ2v) is 5.89. The number of rotatable bonds is 4. The summed E-state index contributed by atoms with van der Waals surface area (Å²) >= 11 is 0. The standard InChI is InChI=1S/C20H19NO5/c1-11-5-6-13(20(23)25-4)9-16(11)21-19(22)18-12(2)15-10-14(24-3)7-8-17(15)26-18/h5-10H,1-4H3,(H,21,22). The summed E-state index contributed by atoms with van der Waals surface area (Å²) in [6, 6.07) is 10.3. The molecule has 3 aromatic rings. The second kappa shape index (κ2) is 6.92. The molecule has 0 spiro atoms. The van der Waals surface area contributed by atoms with Gasteiger partial charge in [-0.3, -0.25) is 4.79 Å². The molecule has 6 heteroatoms. The summed E-state index contributed by atoms with van der Waals surface area (Å²) in [4.78, 5) is 24.4. The fourth-order valence-electron chi connectivity index (χ4n) is 2.72.